The molecule has 134 valence electrons. The van der Waals surface area contributed by atoms with E-state index < -0.39 is 11.9 Å². The zero-order chi connectivity index (χ0) is 18.1. The highest BCUT2D eigenvalue weighted by Crippen LogP contribution is 2.29. The number of pyridine rings is 1. The van der Waals surface area contributed by atoms with Gasteiger partial charge in [0, 0.05) is 23.3 Å². The van der Waals surface area contributed by atoms with E-state index in [0.717, 1.165) is 41.5 Å². The van der Waals surface area contributed by atoms with E-state index in [9.17, 15) is 14.4 Å². The van der Waals surface area contributed by atoms with Crippen LogP contribution in [-0.2, 0) is 9.59 Å². The summed E-state index contributed by atoms with van der Waals surface area (Å²) in [5.74, 6) is -0.844. The Balaban J connectivity index is 1.44. The molecule has 4 amide bonds. The van der Waals surface area contributed by atoms with E-state index in [4.69, 9.17) is 0 Å². The number of hydrogen-bond acceptors (Lipinski definition) is 4. The number of benzene rings is 1. The summed E-state index contributed by atoms with van der Waals surface area (Å²) in [4.78, 5) is 42.5. The highest BCUT2D eigenvalue weighted by atomic mass is 16.2. The number of hydrogen-bond donors (Lipinski definition) is 2. The fourth-order valence-electron chi connectivity index (χ4n) is 3.78. The van der Waals surface area contributed by atoms with Crippen LogP contribution in [0.4, 0.5) is 10.5 Å². The molecule has 1 aromatic carbocycles. The number of nitrogens with zero attached hydrogens (tertiary/aromatic N) is 2. The van der Waals surface area contributed by atoms with Gasteiger partial charge in [0.05, 0.1) is 11.4 Å². The molecule has 2 N–H and O–H groups in total. The van der Waals surface area contributed by atoms with Crippen molar-refractivity contribution in [3.63, 3.8) is 0 Å². The average Bonchev–Trinajstić information content (AvgIpc) is 2.65. The second-order valence-corrected chi connectivity index (χ2v) is 6.83. The maximum absolute atomic E-state index is 12.6. The van der Waals surface area contributed by atoms with Crippen LogP contribution in [0, 0.1) is 5.92 Å². The predicted molar refractivity (Wildman–Crippen MR) is 96.4 cm³/mol. The van der Waals surface area contributed by atoms with E-state index in [2.05, 4.69) is 15.6 Å². The monoisotopic (exact) mass is 352 g/mol. The minimum Gasteiger partial charge on any atom is -0.334 e. The Morgan fingerprint density at radius 1 is 1.23 bits per heavy atom. The molecule has 2 atom stereocenters. The number of fused-ring (bicyclic) bond motifs is 2. The Morgan fingerprint density at radius 2 is 2.08 bits per heavy atom. The lowest BCUT2D eigenvalue weighted by Crippen LogP contribution is -2.61. The van der Waals surface area contributed by atoms with Crippen molar-refractivity contribution in [3.05, 3.63) is 36.5 Å². The first-order valence-corrected chi connectivity index (χ1v) is 8.88. The standard InChI is InChI=1S/C19H20N4O3/c24-17(21-13-7-8-15-12(10-13)4-3-9-20-15)11-23-18(25)14-5-1-2-6-16(14)22-19(23)26/h3-4,7-10,14,16H,1-2,5-6,11H2,(H,21,24)(H,22,26). The second-order valence-electron chi connectivity index (χ2n) is 6.83. The Kier molecular flexibility index (Phi) is 4.28. The topological polar surface area (TPSA) is 91.4 Å². The van der Waals surface area contributed by atoms with Crippen LogP contribution in [0.25, 0.3) is 10.9 Å². The van der Waals surface area contributed by atoms with Crippen LogP contribution in [0.1, 0.15) is 25.7 Å². The summed E-state index contributed by atoms with van der Waals surface area (Å²) < 4.78 is 0. The normalized spacial score (nSPS) is 22.7. The van der Waals surface area contributed by atoms with E-state index in [1.807, 2.05) is 24.3 Å². The maximum atomic E-state index is 12.6. The van der Waals surface area contributed by atoms with Crippen molar-refractivity contribution < 1.29 is 14.4 Å². The van der Waals surface area contributed by atoms with Gasteiger partial charge in [-0.2, -0.15) is 0 Å². The van der Waals surface area contributed by atoms with Gasteiger partial charge in [-0.15, -0.1) is 0 Å². The summed E-state index contributed by atoms with van der Waals surface area (Å²) in [6.45, 7) is -0.279. The molecule has 7 heteroatoms. The van der Waals surface area contributed by atoms with Crippen molar-refractivity contribution in [3.8, 4) is 0 Å². The third kappa shape index (κ3) is 3.12. The van der Waals surface area contributed by atoms with Gasteiger partial charge in [-0.1, -0.05) is 18.9 Å². The molecule has 7 nitrogen and oxygen atoms in total. The van der Waals surface area contributed by atoms with Crippen LogP contribution in [-0.4, -0.2) is 40.3 Å². The summed E-state index contributed by atoms with van der Waals surface area (Å²) >= 11 is 0. The lowest BCUT2D eigenvalue weighted by Gasteiger charge is -2.39. The number of aromatic nitrogens is 1. The molecule has 2 aliphatic rings. The van der Waals surface area contributed by atoms with Gasteiger partial charge in [-0.25, -0.2) is 4.79 Å². The van der Waals surface area contributed by atoms with Crippen molar-refractivity contribution in [1.82, 2.24) is 15.2 Å². The Morgan fingerprint density at radius 3 is 2.96 bits per heavy atom. The first kappa shape index (κ1) is 16.5. The largest absolute Gasteiger partial charge is 0.334 e. The third-order valence-electron chi connectivity index (χ3n) is 5.09. The zero-order valence-electron chi connectivity index (χ0n) is 14.3. The van der Waals surface area contributed by atoms with E-state index in [-0.39, 0.29) is 24.4 Å². The van der Waals surface area contributed by atoms with Gasteiger partial charge in [0.2, 0.25) is 11.8 Å². The van der Waals surface area contributed by atoms with Crippen LogP contribution in [0.5, 0.6) is 0 Å². The van der Waals surface area contributed by atoms with Crippen LogP contribution in [0.2, 0.25) is 0 Å². The molecule has 1 aliphatic heterocycles. The SMILES string of the molecule is O=C(CN1C(=O)NC2CCCCC2C1=O)Nc1ccc2ncccc2c1. The van der Waals surface area contributed by atoms with Gasteiger partial charge < -0.3 is 10.6 Å². The highest BCUT2D eigenvalue weighted by Gasteiger charge is 2.42. The van der Waals surface area contributed by atoms with Crippen LogP contribution >= 0.6 is 0 Å². The number of imide groups is 1. The Hall–Kier alpha value is -2.96. The van der Waals surface area contributed by atoms with Crippen LogP contribution in [0.15, 0.2) is 36.5 Å². The summed E-state index contributed by atoms with van der Waals surface area (Å²) in [5, 5.41) is 6.53. The lowest BCUT2D eigenvalue weighted by atomic mass is 9.82. The van der Waals surface area contributed by atoms with Crippen molar-refractivity contribution >= 4 is 34.4 Å². The fraction of sp³-hybridized carbons (Fsp3) is 0.368. The maximum Gasteiger partial charge on any atom is 0.324 e. The first-order chi connectivity index (χ1) is 12.6. The van der Waals surface area contributed by atoms with Gasteiger partial charge in [0.25, 0.3) is 0 Å². The molecule has 1 aromatic heterocycles. The van der Waals surface area contributed by atoms with Crippen LogP contribution in [0.3, 0.4) is 0 Å². The fourth-order valence-corrected chi connectivity index (χ4v) is 3.78. The van der Waals surface area contributed by atoms with Gasteiger partial charge in [-0.3, -0.25) is 19.5 Å². The van der Waals surface area contributed by atoms with Gasteiger partial charge >= 0.3 is 6.03 Å². The van der Waals surface area contributed by atoms with E-state index in [1.54, 1.807) is 12.3 Å². The molecule has 0 bridgehead atoms. The minimum absolute atomic E-state index is 0.0870. The number of nitrogens with one attached hydrogen (secondary N) is 2. The highest BCUT2D eigenvalue weighted by molar-refractivity contribution is 6.04. The third-order valence-corrected chi connectivity index (χ3v) is 5.09. The van der Waals surface area contributed by atoms with Crippen molar-refractivity contribution in [2.45, 2.75) is 31.7 Å². The van der Waals surface area contributed by atoms with Crippen molar-refractivity contribution in [2.75, 3.05) is 11.9 Å². The van der Waals surface area contributed by atoms with Gasteiger partial charge in [0.1, 0.15) is 6.54 Å². The van der Waals surface area contributed by atoms with Crippen molar-refractivity contribution in [2.24, 2.45) is 5.92 Å². The number of rotatable bonds is 3. The summed E-state index contributed by atoms with van der Waals surface area (Å²) in [6.07, 6.45) is 5.30. The quantitative estimate of drug-likeness (QED) is 0.886. The smallest absolute Gasteiger partial charge is 0.324 e. The van der Waals surface area contributed by atoms with E-state index in [0.29, 0.717) is 5.69 Å². The molecule has 1 saturated heterocycles. The molecular weight excluding hydrogens is 332 g/mol. The Bertz CT molecular complexity index is 882. The molecule has 1 aliphatic carbocycles. The predicted octanol–water partition coefficient (Wildman–Crippen LogP) is 2.28. The van der Waals surface area contributed by atoms with Gasteiger partial charge in [0.15, 0.2) is 0 Å². The van der Waals surface area contributed by atoms with E-state index >= 15 is 0 Å². The number of urea groups is 1. The molecule has 2 aromatic rings. The molecule has 2 fully saturated rings. The molecule has 4 rings (SSSR count). The number of amides is 4. The molecule has 2 unspecified atom stereocenters. The van der Waals surface area contributed by atoms with E-state index in [1.165, 1.54) is 0 Å². The average molecular weight is 352 g/mol. The molecular formula is C19H20N4O3. The molecule has 0 radical (unpaired) electrons. The lowest BCUT2D eigenvalue weighted by molar-refractivity contribution is -0.138. The van der Waals surface area contributed by atoms with Crippen LogP contribution < -0.4 is 10.6 Å². The molecule has 1 saturated carbocycles. The summed E-state index contributed by atoms with van der Waals surface area (Å²) in [7, 11) is 0. The number of anilines is 1. The van der Waals surface area contributed by atoms with Gasteiger partial charge in [-0.05, 0) is 37.1 Å². The Labute approximate surface area is 150 Å². The second kappa shape index (κ2) is 6.74. The first-order valence-electron chi connectivity index (χ1n) is 8.88. The zero-order valence-corrected chi connectivity index (χ0v) is 14.3. The number of carbonyl (C=O) groups excluding carboxylic acids is 3. The summed E-state index contributed by atoms with van der Waals surface area (Å²) in [5.41, 5.74) is 1.44. The summed E-state index contributed by atoms with van der Waals surface area (Å²) in [6, 6.07) is 8.55. The molecule has 0 spiro atoms. The number of carbonyl (C=O) groups is 3. The minimum atomic E-state index is -0.476. The van der Waals surface area contributed by atoms with Crippen molar-refractivity contribution in [1.29, 1.82) is 0 Å². The molecule has 2 heterocycles. The molecule has 26 heavy (non-hydrogen) atoms.